The second kappa shape index (κ2) is 8.88. The van der Waals surface area contributed by atoms with Crippen molar-refractivity contribution in [2.45, 2.75) is 19.4 Å². The third-order valence-corrected chi connectivity index (χ3v) is 6.70. The summed E-state index contributed by atoms with van der Waals surface area (Å²) in [5, 5.41) is 13.5. The predicted octanol–water partition coefficient (Wildman–Crippen LogP) is 4.74. The monoisotopic (exact) mass is 452 g/mol. The highest BCUT2D eigenvalue weighted by atomic mass is 35.5. The third kappa shape index (κ3) is 4.36. The number of Topliss-reactive ketones (excluding diaryl/α,β-unsaturated/α-hetero) is 1. The predicted molar refractivity (Wildman–Crippen MR) is 118 cm³/mol. The van der Waals surface area contributed by atoms with Crippen LogP contribution in [0.3, 0.4) is 0 Å². The number of thiophene rings is 1. The molecule has 2 heterocycles. The first-order valence-electron chi connectivity index (χ1n) is 9.15. The number of carbonyl (C=O) groups excluding carboxylic acids is 2. The number of carbonyl (C=O) groups is 2. The van der Waals surface area contributed by atoms with Gasteiger partial charge in [0.1, 0.15) is 5.76 Å². The second-order valence-corrected chi connectivity index (χ2v) is 9.01. The van der Waals surface area contributed by atoms with Crippen LogP contribution in [-0.4, -0.2) is 53.8 Å². The molecule has 1 unspecified atom stereocenters. The van der Waals surface area contributed by atoms with Gasteiger partial charge in [0.25, 0.3) is 11.7 Å². The number of nitrogens with zero attached hydrogens (tertiary/aromatic N) is 2. The van der Waals surface area contributed by atoms with E-state index >= 15 is 0 Å². The van der Waals surface area contributed by atoms with Crippen molar-refractivity contribution in [1.29, 1.82) is 0 Å². The van der Waals surface area contributed by atoms with Gasteiger partial charge in [-0.15, -0.1) is 11.3 Å². The van der Waals surface area contributed by atoms with Crippen LogP contribution < -0.4 is 0 Å². The van der Waals surface area contributed by atoms with Gasteiger partial charge in [-0.3, -0.25) is 9.59 Å². The lowest BCUT2D eigenvalue weighted by Gasteiger charge is -2.25. The Balaban J connectivity index is 2.10. The summed E-state index contributed by atoms with van der Waals surface area (Å²) in [6.07, 6.45) is 0.716. The number of rotatable bonds is 6. The van der Waals surface area contributed by atoms with Crippen molar-refractivity contribution in [2.24, 2.45) is 0 Å². The molecule has 1 aromatic carbocycles. The average molecular weight is 453 g/mol. The Hall–Kier alpha value is -1.86. The normalized spacial score (nSPS) is 18.8. The van der Waals surface area contributed by atoms with Crippen molar-refractivity contribution < 1.29 is 14.7 Å². The molecule has 1 aliphatic heterocycles. The Morgan fingerprint density at radius 3 is 2.52 bits per heavy atom. The molecule has 1 aliphatic rings. The first kappa shape index (κ1) is 21.8. The standard InChI is InChI=1S/C21H22Cl2N2O3S/c1-12-7-10-29-20(12)17-16(18(26)13-5-6-14(22)15(23)11-13)19(27)21(28)25(17)9-4-8-24(2)3/h5-7,10-11,17,26H,4,8-9H2,1-3H3/b18-16-. The van der Waals surface area contributed by atoms with Crippen LogP contribution in [0.4, 0.5) is 0 Å². The Kier molecular flexibility index (Phi) is 6.69. The number of likely N-dealkylation sites (tertiary alicyclic amines) is 1. The molecule has 0 aliphatic carbocycles. The lowest BCUT2D eigenvalue weighted by Crippen LogP contribution is -2.32. The molecule has 0 radical (unpaired) electrons. The van der Waals surface area contributed by atoms with E-state index in [1.807, 2.05) is 37.4 Å². The van der Waals surface area contributed by atoms with Crippen molar-refractivity contribution in [3.63, 3.8) is 0 Å². The Bertz CT molecular complexity index is 984. The number of ketones is 1. The zero-order valence-electron chi connectivity index (χ0n) is 16.4. The quantitative estimate of drug-likeness (QED) is 0.390. The molecule has 1 aromatic heterocycles. The molecule has 1 atom stereocenters. The van der Waals surface area contributed by atoms with Gasteiger partial charge < -0.3 is 14.9 Å². The fraction of sp³-hybridized carbons (Fsp3) is 0.333. The van der Waals surface area contributed by atoms with E-state index in [-0.39, 0.29) is 16.4 Å². The first-order chi connectivity index (χ1) is 13.7. The summed E-state index contributed by atoms with van der Waals surface area (Å²) in [7, 11) is 3.92. The van der Waals surface area contributed by atoms with Crippen molar-refractivity contribution in [2.75, 3.05) is 27.2 Å². The summed E-state index contributed by atoms with van der Waals surface area (Å²) in [5.41, 5.74) is 1.41. The number of benzene rings is 1. The fourth-order valence-electron chi connectivity index (χ4n) is 3.40. The van der Waals surface area contributed by atoms with Crippen LogP contribution in [0, 0.1) is 6.92 Å². The third-order valence-electron chi connectivity index (χ3n) is 4.89. The SMILES string of the molecule is Cc1ccsc1C1/C(=C(/O)c2ccc(Cl)c(Cl)c2)C(=O)C(=O)N1CCCN(C)C. The highest BCUT2D eigenvalue weighted by Crippen LogP contribution is 2.43. The van der Waals surface area contributed by atoms with E-state index in [0.717, 1.165) is 17.0 Å². The first-order valence-corrected chi connectivity index (χ1v) is 10.8. The maximum Gasteiger partial charge on any atom is 0.295 e. The summed E-state index contributed by atoms with van der Waals surface area (Å²) in [6.45, 7) is 3.14. The molecular formula is C21H22Cl2N2O3S. The van der Waals surface area contributed by atoms with Gasteiger partial charge in [-0.05, 0) is 69.2 Å². The van der Waals surface area contributed by atoms with E-state index in [2.05, 4.69) is 0 Å². The lowest BCUT2D eigenvalue weighted by molar-refractivity contribution is -0.139. The van der Waals surface area contributed by atoms with Gasteiger partial charge in [0.15, 0.2) is 0 Å². The molecule has 5 nitrogen and oxygen atoms in total. The van der Waals surface area contributed by atoms with Crippen LogP contribution in [-0.2, 0) is 9.59 Å². The van der Waals surface area contributed by atoms with Crippen LogP contribution in [0.1, 0.15) is 28.5 Å². The summed E-state index contributed by atoms with van der Waals surface area (Å²) < 4.78 is 0. The Labute approximate surface area is 184 Å². The maximum absolute atomic E-state index is 12.9. The van der Waals surface area contributed by atoms with Gasteiger partial charge in [0, 0.05) is 17.0 Å². The van der Waals surface area contributed by atoms with Crippen LogP contribution in [0.25, 0.3) is 5.76 Å². The number of amides is 1. The number of aryl methyl sites for hydroxylation is 1. The smallest absolute Gasteiger partial charge is 0.295 e. The van der Waals surface area contributed by atoms with Crippen molar-refractivity contribution in [1.82, 2.24) is 9.80 Å². The average Bonchev–Trinajstić information content (AvgIpc) is 3.19. The van der Waals surface area contributed by atoms with Crippen LogP contribution in [0.2, 0.25) is 10.0 Å². The largest absolute Gasteiger partial charge is 0.507 e. The molecule has 1 N–H and O–H groups in total. The molecule has 3 rings (SSSR count). The second-order valence-electron chi connectivity index (χ2n) is 7.25. The number of hydrogen-bond acceptors (Lipinski definition) is 5. The highest BCUT2D eigenvalue weighted by molar-refractivity contribution is 7.10. The van der Waals surface area contributed by atoms with E-state index in [9.17, 15) is 14.7 Å². The molecule has 1 saturated heterocycles. The lowest BCUT2D eigenvalue weighted by atomic mass is 9.98. The minimum absolute atomic E-state index is 0.0868. The van der Waals surface area contributed by atoms with Gasteiger partial charge in [-0.1, -0.05) is 23.2 Å². The van der Waals surface area contributed by atoms with Crippen LogP contribution in [0.15, 0.2) is 35.2 Å². The number of aliphatic hydroxyl groups is 1. The number of hydrogen-bond donors (Lipinski definition) is 1. The van der Waals surface area contributed by atoms with E-state index in [4.69, 9.17) is 23.2 Å². The summed E-state index contributed by atoms with van der Waals surface area (Å²) in [6, 6.07) is 5.96. The molecule has 8 heteroatoms. The van der Waals surface area contributed by atoms with Gasteiger partial charge in [-0.2, -0.15) is 0 Å². The fourth-order valence-corrected chi connectivity index (χ4v) is 4.75. The number of halogens is 2. The highest BCUT2D eigenvalue weighted by Gasteiger charge is 2.46. The van der Waals surface area contributed by atoms with Crippen LogP contribution in [0.5, 0.6) is 0 Å². The number of aliphatic hydroxyl groups excluding tert-OH is 1. The summed E-state index contributed by atoms with van der Waals surface area (Å²) >= 11 is 13.5. The molecule has 0 bridgehead atoms. The van der Waals surface area contributed by atoms with E-state index < -0.39 is 17.7 Å². The van der Waals surface area contributed by atoms with Gasteiger partial charge in [0.2, 0.25) is 0 Å². The Morgan fingerprint density at radius 2 is 1.93 bits per heavy atom. The zero-order chi connectivity index (χ0) is 21.3. The van der Waals surface area contributed by atoms with Crippen molar-refractivity contribution in [3.8, 4) is 0 Å². The molecule has 2 aromatic rings. The van der Waals surface area contributed by atoms with E-state index in [0.29, 0.717) is 23.6 Å². The minimum Gasteiger partial charge on any atom is -0.507 e. The molecule has 29 heavy (non-hydrogen) atoms. The topological polar surface area (TPSA) is 60.9 Å². The molecule has 1 amide bonds. The molecular weight excluding hydrogens is 431 g/mol. The van der Waals surface area contributed by atoms with Crippen molar-refractivity contribution >= 4 is 52.0 Å². The molecule has 0 saturated carbocycles. The van der Waals surface area contributed by atoms with Crippen LogP contribution >= 0.6 is 34.5 Å². The summed E-state index contributed by atoms with van der Waals surface area (Å²) in [4.78, 5) is 30.2. The Morgan fingerprint density at radius 1 is 1.21 bits per heavy atom. The zero-order valence-corrected chi connectivity index (χ0v) is 18.7. The molecule has 1 fully saturated rings. The van der Waals surface area contributed by atoms with E-state index in [1.54, 1.807) is 17.0 Å². The summed E-state index contributed by atoms with van der Waals surface area (Å²) in [5.74, 6) is -1.52. The van der Waals surface area contributed by atoms with Gasteiger partial charge in [0.05, 0.1) is 21.7 Å². The van der Waals surface area contributed by atoms with Gasteiger partial charge in [-0.25, -0.2) is 0 Å². The minimum atomic E-state index is -0.684. The maximum atomic E-state index is 12.9. The van der Waals surface area contributed by atoms with Crippen molar-refractivity contribution in [3.05, 3.63) is 61.3 Å². The van der Waals surface area contributed by atoms with E-state index in [1.165, 1.54) is 17.4 Å². The molecule has 0 spiro atoms. The van der Waals surface area contributed by atoms with Gasteiger partial charge >= 0.3 is 0 Å². The molecule has 154 valence electrons.